The number of amides is 7. The molecule has 8 aromatic rings. The van der Waals surface area contributed by atoms with Gasteiger partial charge in [-0.1, -0.05) is 133 Å². The summed E-state index contributed by atoms with van der Waals surface area (Å²) in [5, 5.41) is 16.4. The van der Waals surface area contributed by atoms with Crippen LogP contribution in [-0.4, -0.2) is 299 Å². The van der Waals surface area contributed by atoms with E-state index in [0.717, 1.165) is 190 Å². The average molecular weight is 1620 g/mol. The number of ketones is 1. The number of aromatic nitrogens is 1. The van der Waals surface area contributed by atoms with E-state index in [4.69, 9.17) is 14.6 Å². The minimum Gasteiger partial charge on any atom is -0.477 e. The van der Waals surface area contributed by atoms with Gasteiger partial charge in [-0.05, 0) is 121 Å². The molecule has 8 aliphatic heterocycles. The van der Waals surface area contributed by atoms with Gasteiger partial charge in [-0.2, -0.15) is 0 Å². The lowest BCUT2D eigenvalue weighted by molar-refractivity contribution is -0.128. The molecule has 0 bridgehead atoms. The van der Waals surface area contributed by atoms with E-state index in [2.05, 4.69) is 30.3 Å². The molecule has 8 aliphatic rings. The maximum Gasteiger partial charge on any atom is 0.411 e. The number of hydrogen-bond acceptors (Lipinski definition) is 19. The van der Waals surface area contributed by atoms with Crippen LogP contribution in [0, 0.1) is 13.8 Å². The van der Waals surface area contributed by atoms with Crippen LogP contribution in [0.2, 0.25) is 0 Å². The fourth-order valence-corrected chi connectivity index (χ4v) is 16.1. The number of likely N-dealkylation sites (tertiary alicyclic amines) is 3. The van der Waals surface area contributed by atoms with Crippen LogP contribution in [-0.2, 0) is 14.3 Å². The molecule has 8 saturated heterocycles. The summed E-state index contributed by atoms with van der Waals surface area (Å²) in [5.41, 5.74) is 5.89. The number of nitrogens with one attached hydrogen (secondary N) is 2. The highest BCUT2D eigenvalue weighted by atomic mass is 32.1. The standard InChI is InChI=1S/C25H26N4O2S.C19H27N3O3.C14H19N3O.C12H10O2S.C11H14N2O.C8H13NO3/c1-18-22(32-23(26-18)19-8-4-2-5-9-19)25(31)29-16-21(17-29)27-12-14-28(15-13-27)24(30)20-10-6-3-7-11-20;1-19(2,3)25-18(24)22-13-16(14-22)20-9-11-21(12-10-20)17(23)15-7-5-4-6-8-15;18-14(12-4-2-1-3-5-12)17-8-6-16(7-9-17)13-10-15-11-13;1-8-7-10(15-11(8)12(13)14)9-5-3-2-4-6-9;14-11(10-4-2-1-3-5-10)13-8-6-12-7-9-13;1-8(2,3)12-7(11)9-4-6(10)5-9/h2-11,21H,12-17H2,1H3;4-8,16H,9-14H2,1-3H3;1-5,13,15H,6-11H2;2-7H,1H3,(H,13,14);1-5,12H,6-9H2;4-5H2,1-3H3. The van der Waals surface area contributed by atoms with Crippen molar-refractivity contribution in [1.29, 1.82) is 0 Å². The third-order valence-electron chi connectivity index (χ3n) is 20.8. The van der Waals surface area contributed by atoms with Crippen molar-refractivity contribution in [3.05, 3.63) is 231 Å². The Bertz CT molecular complexity index is 4550. The summed E-state index contributed by atoms with van der Waals surface area (Å²) >= 11 is 2.80. The predicted molar refractivity (Wildman–Crippen MR) is 451 cm³/mol. The monoisotopic (exact) mass is 1620 g/mol. The van der Waals surface area contributed by atoms with Gasteiger partial charge in [0, 0.05) is 195 Å². The Morgan fingerprint density at radius 1 is 0.397 bits per heavy atom. The second-order valence-corrected chi connectivity index (χ2v) is 33.7. The first-order valence-corrected chi connectivity index (χ1v) is 41.6. The van der Waals surface area contributed by atoms with Crippen molar-refractivity contribution in [1.82, 2.24) is 64.6 Å². The largest absolute Gasteiger partial charge is 0.477 e. The third kappa shape index (κ3) is 24.3. The number of benzene rings is 6. The number of rotatable bonds is 11. The van der Waals surface area contributed by atoms with Gasteiger partial charge in [0.25, 0.3) is 29.5 Å². The van der Waals surface area contributed by atoms with Crippen molar-refractivity contribution < 1.29 is 57.7 Å². The first-order chi connectivity index (χ1) is 55.7. The van der Waals surface area contributed by atoms with Crippen molar-refractivity contribution in [2.24, 2.45) is 0 Å². The number of thiophene rings is 1. The third-order valence-corrected chi connectivity index (χ3v) is 23.3. The fraction of sp³-hybridized carbons (Fsp3) is 0.416. The Labute approximate surface area is 688 Å². The van der Waals surface area contributed by atoms with E-state index in [-0.39, 0.29) is 54.5 Å². The maximum atomic E-state index is 13.0. The van der Waals surface area contributed by atoms with Gasteiger partial charge >= 0.3 is 18.2 Å². The van der Waals surface area contributed by atoms with E-state index < -0.39 is 23.3 Å². The second kappa shape index (κ2) is 40.9. The van der Waals surface area contributed by atoms with E-state index >= 15 is 0 Å². The highest BCUT2D eigenvalue weighted by Crippen LogP contribution is 2.33. The van der Waals surface area contributed by atoms with Gasteiger partial charge in [-0.25, -0.2) is 19.4 Å². The van der Waals surface area contributed by atoms with E-state index in [1.807, 2.05) is 247 Å². The molecule has 0 spiro atoms. The molecule has 116 heavy (non-hydrogen) atoms. The topological polar surface area (TPSA) is 262 Å². The smallest absolute Gasteiger partial charge is 0.411 e. The summed E-state index contributed by atoms with van der Waals surface area (Å²) in [6.07, 6.45) is -0.635. The van der Waals surface area contributed by atoms with Crippen molar-refractivity contribution in [3.8, 4) is 21.0 Å². The lowest BCUT2D eigenvalue weighted by Gasteiger charge is -2.48. The highest BCUT2D eigenvalue weighted by Gasteiger charge is 2.41. The zero-order chi connectivity index (χ0) is 82.5. The summed E-state index contributed by atoms with van der Waals surface area (Å²) < 4.78 is 10.4. The number of carbonyl (C=O) groups excluding carboxylic acids is 8. The van der Waals surface area contributed by atoms with Crippen LogP contribution >= 0.6 is 22.7 Å². The van der Waals surface area contributed by atoms with E-state index in [0.29, 0.717) is 36.1 Å². The SMILES string of the molecule is CC(C)(C)OC(=O)N1CC(=O)C1.CC(C)(C)OC(=O)N1CC(N2CCN(C(=O)c3ccccc3)CC2)C1.Cc1cc(-c2ccccc2)sc1C(=O)O.Cc1nc(-c2ccccc2)sc1C(=O)N1CC(N2CCN(C(=O)c3ccccc3)CC2)C1.O=C(c1ccccc1)N1CCN(C2CNC2)CC1.O=C(c1ccccc1)N1CCNCC1. The molecule has 2 aromatic heterocycles. The molecular formula is C89H109N13O12S2. The Balaban J connectivity index is 0.000000142. The zero-order valence-electron chi connectivity index (χ0n) is 67.8. The molecule has 0 atom stereocenters. The first-order valence-electron chi connectivity index (χ1n) is 39.9. The molecule has 0 radical (unpaired) electrons. The molecule has 8 fully saturated rings. The molecule has 0 saturated carbocycles. The molecule has 6 aromatic carbocycles. The number of Topliss-reactive ketones (excluding diaryl/α,β-unsaturated/α-hetero) is 1. The molecule has 25 nitrogen and oxygen atoms in total. The molecular weight excluding hydrogens is 1510 g/mol. The Morgan fingerprint density at radius 2 is 0.741 bits per heavy atom. The number of thiazole rings is 1. The number of nitrogens with zero attached hydrogens (tertiary/aromatic N) is 11. The number of aromatic carboxylic acids is 1. The predicted octanol–water partition coefficient (Wildman–Crippen LogP) is 10.8. The number of carboxylic acids is 1. The number of hydrogen-bond donors (Lipinski definition) is 3. The van der Waals surface area contributed by atoms with E-state index in [1.54, 1.807) is 25.7 Å². The average Bonchev–Trinajstić information content (AvgIpc) is 1.42. The summed E-state index contributed by atoms with van der Waals surface area (Å²) in [5.74, 6) is -0.166. The Morgan fingerprint density at radius 3 is 1.09 bits per heavy atom. The normalized spacial score (nSPS) is 17.4. The number of piperazine rings is 4. The van der Waals surface area contributed by atoms with Crippen molar-refractivity contribution >= 4 is 76.1 Å². The molecule has 0 unspecified atom stereocenters. The molecule has 10 heterocycles. The van der Waals surface area contributed by atoms with E-state index in [9.17, 15) is 43.2 Å². The first kappa shape index (κ1) is 86.3. The van der Waals surface area contributed by atoms with Crippen LogP contribution < -0.4 is 10.6 Å². The summed E-state index contributed by atoms with van der Waals surface area (Å²) in [4.78, 5) is 134. The van der Waals surface area contributed by atoms with Gasteiger partial charge in [-0.15, -0.1) is 22.7 Å². The summed E-state index contributed by atoms with van der Waals surface area (Å²) in [7, 11) is 0. The van der Waals surface area contributed by atoms with Gasteiger partial charge < -0.3 is 54.6 Å². The fourth-order valence-electron chi connectivity index (χ4n) is 14.1. The number of ether oxygens (including phenoxy) is 2. The number of aryl methyl sites for hydroxylation is 2. The lowest BCUT2D eigenvalue weighted by atomic mass is 10.0. The van der Waals surface area contributed by atoms with Gasteiger partial charge in [0.1, 0.15) is 26.0 Å². The molecule has 27 heteroatoms. The minimum atomic E-state index is -0.848. The molecule has 16 rings (SSSR count). The van der Waals surface area contributed by atoms with Gasteiger partial charge in [0.2, 0.25) is 0 Å². The molecule has 7 amide bonds. The molecule has 3 N–H and O–H groups in total. The highest BCUT2D eigenvalue weighted by molar-refractivity contribution is 7.17. The van der Waals surface area contributed by atoms with Crippen LogP contribution in [0.1, 0.15) is 114 Å². The quantitative estimate of drug-likeness (QED) is 0.109. The Hall–Kier alpha value is -10.5. The maximum absolute atomic E-state index is 13.0. The molecule has 614 valence electrons. The Kier molecular flexibility index (Phi) is 30.4. The lowest BCUT2D eigenvalue weighted by Crippen LogP contribution is -2.64. The van der Waals surface area contributed by atoms with E-state index in [1.165, 1.54) is 27.6 Å². The summed E-state index contributed by atoms with van der Waals surface area (Å²) in [6.45, 7) is 33.8. The van der Waals surface area contributed by atoms with Gasteiger partial charge in [0.15, 0.2) is 5.78 Å². The summed E-state index contributed by atoms with van der Waals surface area (Å²) in [6, 6.07) is 61.1. The van der Waals surface area contributed by atoms with Gasteiger partial charge in [-0.3, -0.25) is 48.4 Å². The number of carboxylic acid groups (broad SMARTS) is 1. The van der Waals surface area contributed by atoms with Crippen molar-refractivity contribution in [3.63, 3.8) is 0 Å². The van der Waals surface area contributed by atoms with Crippen LogP contribution in [0.3, 0.4) is 0 Å². The van der Waals surface area contributed by atoms with Crippen LogP contribution in [0.4, 0.5) is 9.59 Å². The van der Waals surface area contributed by atoms with Crippen LogP contribution in [0.25, 0.3) is 21.0 Å². The van der Waals surface area contributed by atoms with Crippen molar-refractivity contribution in [2.45, 2.75) is 84.7 Å². The minimum absolute atomic E-state index is 0.0799. The van der Waals surface area contributed by atoms with Crippen LogP contribution in [0.5, 0.6) is 0 Å². The van der Waals surface area contributed by atoms with Crippen LogP contribution in [0.15, 0.2) is 188 Å². The second-order valence-electron chi connectivity index (χ2n) is 31.7. The van der Waals surface area contributed by atoms with Crippen molar-refractivity contribution in [2.75, 3.05) is 157 Å². The zero-order valence-corrected chi connectivity index (χ0v) is 69.4. The van der Waals surface area contributed by atoms with Gasteiger partial charge in [0.05, 0.1) is 18.8 Å². The molecule has 0 aliphatic carbocycles. The number of carbonyl (C=O) groups is 9.